The molecule has 0 spiro atoms. The van der Waals surface area contributed by atoms with E-state index in [4.69, 9.17) is 9.47 Å². The number of aromatic nitrogens is 2. The third-order valence-corrected chi connectivity index (χ3v) is 4.66. The van der Waals surface area contributed by atoms with Gasteiger partial charge in [-0.05, 0) is 39.5 Å². The summed E-state index contributed by atoms with van der Waals surface area (Å²) in [6, 6.07) is 0. The van der Waals surface area contributed by atoms with Gasteiger partial charge in [-0.1, -0.05) is 6.42 Å². The van der Waals surface area contributed by atoms with E-state index in [0.717, 1.165) is 12.2 Å². The normalized spacial score (nSPS) is 17.3. The average molecular weight is 364 g/mol. The van der Waals surface area contributed by atoms with Crippen LogP contribution in [0.3, 0.4) is 0 Å². The Morgan fingerprint density at radius 1 is 1.31 bits per heavy atom. The van der Waals surface area contributed by atoms with Gasteiger partial charge in [-0.25, -0.2) is 4.79 Å². The zero-order chi connectivity index (χ0) is 18.7. The van der Waals surface area contributed by atoms with Crippen molar-refractivity contribution < 1.29 is 19.1 Å². The van der Waals surface area contributed by atoms with Crippen molar-refractivity contribution in [2.45, 2.75) is 58.7 Å². The molecule has 0 bridgehead atoms. The van der Waals surface area contributed by atoms with Gasteiger partial charge in [0.25, 0.3) is 5.91 Å². The molecule has 0 unspecified atom stereocenters. The lowest BCUT2D eigenvalue weighted by Crippen LogP contribution is -2.41. The number of hydrogen-bond donors (Lipinski definition) is 1. The van der Waals surface area contributed by atoms with Crippen LogP contribution in [0.4, 0.5) is 4.79 Å². The molecule has 1 fully saturated rings. The van der Waals surface area contributed by atoms with Crippen LogP contribution in [0.5, 0.6) is 5.75 Å². The maximum absolute atomic E-state index is 12.3. The van der Waals surface area contributed by atoms with Crippen LogP contribution in [0.15, 0.2) is 6.20 Å². The standard InChI is InChI=1S/C18H28N4O4/c1-18(2,3)26-17(24)21-7-8-22-14(11-21)15(10-20-22)25-12-16(23)19-9-13-5-4-6-13/h10,13H,4-9,11-12H2,1-3H3,(H,19,23). The summed E-state index contributed by atoms with van der Waals surface area (Å²) in [7, 11) is 0. The Morgan fingerprint density at radius 2 is 2.08 bits per heavy atom. The van der Waals surface area contributed by atoms with Crippen LogP contribution >= 0.6 is 0 Å². The number of carbonyl (C=O) groups is 2. The van der Waals surface area contributed by atoms with E-state index >= 15 is 0 Å². The molecule has 8 heteroatoms. The zero-order valence-corrected chi connectivity index (χ0v) is 15.8. The third kappa shape index (κ3) is 4.68. The largest absolute Gasteiger partial charge is 0.480 e. The van der Waals surface area contributed by atoms with Gasteiger partial charge in [0.2, 0.25) is 0 Å². The molecule has 144 valence electrons. The maximum atomic E-state index is 12.3. The van der Waals surface area contributed by atoms with Gasteiger partial charge in [0, 0.05) is 13.1 Å². The second-order valence-corrected chi connectivity index (χ2v) is 7.97. The summed E-state index contributed by atoms with van der Waals surface area (Å²) in [6.07, 6.45) is 4.90. The van der Waals surface area contributed by atoms with Gasteiger partial charge < -0.3 is 19.7 Å². The fourth-order valence-corrected chi connectivity index (χ4v) is 2.97. The van der Waals surface area contributed by atoms with Gasteiger partial charge in [0.1, 0.15) is 11.3 Å². The number of rotatable bonds is 5. The number of nitrogens with one attached hydrogen (secondary N) is 1. The smallest absolute Gasteiger partial charge is 0.410 e. The quantitative estimate of drug-likeness (QED) is 0.863. The van der Waals surface area contributed by atoms with Gasteiger partial charge >= 0.3 is 6.09 Å². The van der Waals surface area contributed by atoms with Crippen LogP contribution in [0.2, 0.25) is 0 Å². The Labute approximate surface area is 153 Å². The van der Waals surface area contributed by atoms with Crippen LogP contribution < -0.4 is 10.1 Å². The van der Waals surface area contributed by atoms with E-state index in [9.17, 15) is 9.59 Å². The van der Waals surface area contributed by atoms with E-state index in [0.29, 0.717) is 31.3 Å². The van der Waals surface area contributed by atoms with E-state index in [-0.39, 0.29) is 18.6 Å². The minimum absolute atomic E-state index is 0.0438. The summed E-state index contributed by atoms with van der Waals surface area (Å²) < 4.78 is 12.9. The van der Waals surface area contributed by atoms with Gasteiger partial charge in [0.05, 0.1) is 19.3 Å². The van der Waals surface area contributed by atoms with E-state index in [1.807, 2.05) is 25.5 Å². The van der Waals surface area contributed by atoms with Crippen molar-refractivity contribution in [2.75, 3.05) is 19.7 Å². The second kappa shape index (κ2) is 7.55. The molecular weight excluding hydrogens is 336 g/mol. The predicted octanol–water partition coefficient (Wildman–Crippen LogP) is 1.93. The highest BCUT2D eigenvalue weighted by Gasteiger charge is 2.28. The Bertz CT molecular complexity index is 661. The molecule has 1 aliphatic heterocycles. The fourth-order valence-electron chi connectivity index (χ4n) is 2.97. The lowest BCUT2D eigenvalue weighted by atomic mass is 9.85. The lowest BCUT2D eigenvalue weighted by molar-refractivity contribution is -0.123. The molecule has 2 aliphatic rings. The molecule has 2 heterocycles. The maximum Gasteiger partial charge on any atom is 0.410 e. The molecule has 2 amide bonds. The Morgan fingerprint density at radius 3 is 2.73 bits per heavy atom. The van der Waals surface area contributed by atoms with Gasteiger partial charge in [-0.15, -0.1) is 0 Å². The second-order valence-electron chi connectivity index (χ2n) is 7.97. The highest BCUT2D eigenvalue weighted by atomic mass is 16.6. The van der Waals surface area contributed by atoms with Gasteiger partial charge in [0.15, 0.2) is 12.4 Å². The van der Waals surface area contributed by atoms with Crippen molar-refractivity contribution in [1.82, 2.24) is 20.0 Å². The summed E-state index contributed by atoms with van der Waals surface area (Å²) in [4.78, 5) is 25.8. The first-order chi connectivity index (χ1) is 12.3. The van der Waals surface area contributed by atoms with E-state index in [1.54, 1.807) is 11.1 Å². The van der Waals surface area contributed by atoms with E-state index in [1.165, 1.54) is 19.3 Å². The number of ether oxygens (including phenoxy) is 2. The molecule has 0 atom stereocenters. The van der Waals surface area contributed by atoms with Gasteiger partial charge in [-0.3, -0.25) is 9.48 Å². The average Bonchev–Trinajstić information content (AvgIpc) is 2.92. The summed E-state index contributed by atoms with van der Waals surface area (Å²) >= 11 is 0. The topological polar surface area (TPSA) is 85.7 Å². The molecule has 1 aromatic rings. The van der Waals surface area contributed by atoms with Crippen molar-refractivity contribution in [3.05, 3.63) is 11.9 Å². The Balaban J connectivity index is 1.52. The van der Waals surface area contributed by atoms with Crippen molar-refractivity contribution in [2.24, 2.45) is 5.92 Å². The van der Waals surface area contributed by atoms with Crippen molar-refractivity contribution in [3.63, 3.8) is 0 Å². The molecule has 0 saturated heterocycles. The lowest BCUT2D eigenvalue weighted by Gasteiger charge is -2.30. The molecule has 0 radical (unpaired) electrons. The number of amides is 2. The summed E-state index contributed by atoms with van der Waals surface area (Å²) in [5.74, 6) is 1.03. The number of nitrogens with zero attached hydrogens (tertiary/aromatic N) is 3. The third-order valence-electron chi connectivity index (χ3n) is 4.66. The highest BCUT2D eigenvalue weighted by Crippen LogP contribution is 2.26. The van der Waals surface area contributed by atoms with E-state index < -0.39 is 5.60 Å². The van der Waals surface area contributed by atoms with Crippen LogP contribution in [-0.4, -0.2) is 52.0 Å². The fraction of sp³-hybridized carbons (Fsp3) is 0.722. The minimum atomic E-state index is -0.535. The molecule has 1 saturated carbocycles. The summed E-state index contributed by atoms with van der Waals surface area (Å²) in [6.45, 7) is 7.67. The SMILES string of the molecule is CC(C)(C)OC(=O)N1CCn2ncc(OCC(=O)NCC3CCC3)c2C1. The molecule has 26 heavy (non-hydrogen) atoms. The van der Waals surface area contributed by atoms with Crippen molar-refractivity contribution in [1.29, 1.82) is 0 Å². The number of hydrogen-bond acceptors (Lipinski definition) is 5. The number of carbonyl (C=O) groups excluding carboxylic acids is 2. The molecule has 3 rings (SSSR count). The monoisotopic (exact) mass is 364 g/mol. The Kier molecular flexibility index (Phi) is 5.38. The van der Waals surface area contributed by atoms with Crippen molar-refractivity contribution >= 4 is 12.0 Å². The van der Waals surface area contributed by atoms with E-state index in [2.05, 4.69) is 10.4 Å². The minimum Gasteiger partial charge on any atom is -0.480 e. The first-order valence-electron chi connectivity index (χ1n) is 9.24. The van der Waals surface area contributed by atoms with Crippen LogP contribution in [0.25, 0.3) is 0 Å². The van der Waals surface area contributed by atoms with Crippen molar-refractivity contribution in [3.8, 4) is 5.75 Å². The molecule has 1 aromatic heterocycles. The van der Waals surface area contributed by atoms with Crippen LogP contribution in [-0.2, 0) is 22.6 Å². The molecule has 1 aliphatic carbocycles. The van der Waals surface area contributed by atoms with Crippen LogP contribution in [0, 0.1) is 5.92 Å². The summed E-state index contributed by atoms with van der Waals surface area (Å²) in [5.41, 5.74) is 0.251. The number of fused-ring (bicyclic) bond motifs is 1. The van der Waals surface area contributed by atoms with Crippen LogP contribution in [0.1, 0.15) is 45.7 Å². The zero-order valence-electron chi connectivity index (χ0n) is 15.8. The Hall–Kier alpha value is -2.25. The molecule has 1 N–H and O–H groups in total. The molecule has 0 aromatic carbocycles. The molecular formula is C18H28N4O4. The highest BCUT2D eigenvalue weighted by molar-refractivity contribution is 5.77. The first-order valence-corrected chi connectivity index (χ1v) is 9.24. The summed E-state index contributed by atoms with van der Waals surface area (Å²) in [5, 5.41) is 7.18. The first kappa shape index (κ1) is 18.5. The predicted molar refractivity (Wildman–Crippen MR) is 94.7 cm³/mol. The van der Waals surface area contributed by atoms with Gasteiger partial charge in [-0.2, -0.15) is 5.10 Å². The molecule has 8 nitrogen and oxygen atoms in total.